The fourth-order valence-electron chi connectivity index (χ4n) is 2.06. The van der Waals surface area contributed by atoms with Crippen LogP contribution in [0.1, 0.15) is 6.92 Å². The molecule has 0 saturated heterocycles. The molecule has 6 nitrogen and oxygen atoms in total. The fourth-order valence-corrected chi connectivity index (χ4v) is 2.06. The van der Waals surface area contributed by atoms with Gasteiger partial charge < -0.3 is 15.4 Å². The number of ether oxygens (including phenoxy) is 1. The van der Waals surface area contributed by atoms with E-state index in [1.807, 2.05) is 54.6 Å². The monoisotopic (exact) mass is 320 g/mol. The number of nitrogens with one attached hydrogen (secondary N) is 2. The first kappa shape index (κ1) is 15.5. The first-order valence-electron chi connectivity index (χ1n) is 7.41. The molecule has 0 aliphatic carbocycles. The third-order valence-corrected chi connectivity index (χ3v) is 3.09. The summed E-state index contributed by atoms with van der Waals surface area (Å²) >= 11 is 0. The molecule has 0 bridgehead atoms. The van der Waals surface area contributed by atoms with Crippen LogP contribution in [0.25, 0.3) is 0 Å². The number of carbonyl (C=O) groups excluding carboxylic acids is 1. The number of para-hydroxylation sites is 3. The van der Waals surface area contributed by atoms with Gasteiger partial charge in [-0.2, -0.15) is 0 Å². The Morgan fingerprint density at radius 3 is 2.25 bits per heavy atom. The molecule has 0 atom stereocenters. The maximum atomic E-state index is 11.0. The average Bonchev–Trinajstić information content (AvgIpc) is 2.59. The molecule has 0 fully saturated rings. The van der Waals surface area contributed by atoms with Gasteiger partial charge in [0.2, 0.25) is 5.91 Å². The van der Waals surface area contributed by atoms with Gasteiger partial charge in [-0.1, -0.05) is 30.3 Å². The molecule has 0 radical (unpaired) electrons. The van der Waals surface area contributed by atoms with Gasteiger partial charge in [-0.05, 0) is 36.4 Å². The highest BCUT2D eigenvalue weighted by atomic mass is 16.5. The number of amides is 1. The van der Waals surface area contributed by atoms with Gasteiger partial charge in [-0.25, -0.2) is 0 Å². The van der Waals surface area contributed by atoms with Crippen LogP contribution in [-0.4, -0.2) is 16.1 Å². The van der Waals surface area contributed by atoms with E-state index >= 15 is 0 Å². The number of aromatic nitrogens is 2. The molecule has 0 unspecified atom stereocenters. The lowest BCUT2D eigenvalue weighted by atomic mass is 10.3. The minimum Gasteiger partial charge on any atom is -0.455 e. The van der Waals surface area contributed by atoms with Gasteiger partial charge >= 0.3 is 0 Å². The molecule has 24 heavy (non-hydrogen) atoms. The van der Waals surface area contributed by atoms with Crippen molar-refractivity contribution >= 4 is 23.2 Å². The highest BCUT2D eigenvalue weighted by Crippen LogP contribution is 2.30. The predicted molar refractivity (Wildman–Crippen MR) is 92.6 cm³/mol. The number of hydrogen-bond acceptors (Lipinski definition) is 5. The maximum Gasteiger partial charge on any atom is 0.222 e. The second-order valence-corrected chi connectivity index (χ2v) is 5.02. The van der Waals surface area contributed by atoms with Crippen molar-refractivity contribution in [3.05, 3.63) is 66.7 Å². The van der Waals surface area contributed by atoms with Crippen molar-refractivity contribution in [2.45, 2.75) is 6.92 Å². The quantitative estimate of drug-likeness (QED) is 0.744. The summed E-state index contributed by atoms with van der Waals surface area (Å²) in [5.74, 6) is 2.19. The van der Waals surface area contributed by atoms with Crippen LogP contribution >= 0.6 is 0 Å². The van der Waals surface area contributed by atoms with E-state index < -0.39 is 0 Å². The van der Waals surface area contributed by atoms with Crippen LogP contribution in [0.4, 0.5) is 17.3 Å². The van der Waals surface area contributed by atoms with Crippen LogP contribution in [0.15, 0.2) is 66.7 Å². The molecule has 0 aliphatic heterocycles. The van der Waals surface area contributed by atoms with Crippen LogP contribution in [0.2, 0.25) is 0 Å². The third kappa shape index (κ3) is 4.07. The Morgan fingerprint density at radius 1 is 0.875 bits per heavy atom. The Labute approximate surface area is 139 Å². The summed E-state index contributed by atoms with van der Waals surface area (Å²) in [5.41, 5.74) is 0.767. The summed E-state index contributed by atoms with van der Waals surface area (Å²) in [7, 11) is 0. The Kier molecular flexibility index (Phi) is 4.67. The zero-order valence-corrected chi connectivity index (χ0v) is 13.1. The van der Waals surface area contributed by atoms with E-state index in [0.29, 0.717) is 17.4 Å². The lowest BCUT2D eigenvalue weighted by Gasteiger charge is -2.12. The lowest BCUT2D eigenvalue weighted by molar-refractivity contribution is -0.114. The van der Waals surface area contributed by atoms with Crippen LogP contribution in [0.3, 0.4) is 0 Å². The van der Waals surface area contributed by atoms with Gasteiger partial charge in [-0.3, -0.25) is 4.79 Å². The second kappa shape index (κ2) is 7.23. The molecule has 1 aromatic heterocycles. The Balaban J connectivity index is 1.76. The summed E-state index contributed by atoms with van der Waals surface area (Å²) < 4.78 is 5.89. The number of hydrogen-bond donors (Lipinski definition) is 2. The summed E-state index contributed by atoms with van der Waals surface area (Å²) in [5, 5.41) is 13.7. The molecule has 1 amide bonds. The second-order valence-electron chi connectivity index (χ2n) is 5.02. The minimum absolute atomic E-state index is 0.188. The zero-order chi connectivity index (χ0) is 16.8. The van der Waals surface area contributed by atoms with E-state index in [1.54, 1.807) is 12.1 Å². The summed E-state index contributed by atoms with van der Waals surface area (Å²) in [6.45, 7) is 1.42. The minimum atomic E-state index is -0.188. The Hall–Kier alpha value is -3.41. The highest BCUT2D eigenvalue weighted by molar-refractivity contribution is 5.87. The SMILES string of the molecule is CC(=O)Nc1ccc(Nc2ccccc2Oc2ccccc2)nn1. The predicted octanol–water partition coefficient (Wildman–Crippen LogP) is 3.97. The summed E-state index contributed by atoms with van der Waals surface area (Å²) in [6, 6.07) is 20.5. The number of nitrogens with zero attached hydrogens (tertiary/aromatic N) is 2. The maximum absolute atomic E-state index is 11.0. The smallest absolute Gasteiger partial charge is 0.222 e. The van der Waals surface area contributed by atoms with E-state index in [0.717, 1.165) is 11.4 Å². The van der Waals surface area contributed by atoms with Gasteiger partial charge in [0.1, 0.15) is 5.75 Å². The van der Waals surface area contributed by atoms with E-state index in [-0.39, 0.29) is 5.91 Å². The lowest BCUT2D eigenvalue weighted by Crippen LogP contribution is -2.08. The van der Waals surface area contributed by atoms with E-state index in [2.05, 4.69) is 20.8 Å². The van der Waals surface area contributed by atoms with E-state index in [9.17, 15) is 4.79 Å². The van der Waals surface area contributed by atoms with Crippen molar-refractivity contribution in [2.24, 2.45) is 0 Å². The standard InChI is InChI=1S/C18H16N4O2/c1-13(23)19-17-11-12-18(22-21-17)20-15-9-5-6-10-16(15)24-14-7-3-2-4-8-14/h2-12H,1H3,(H,20,22)(H,19,21,23). The normalized spacial score (nSPS) is 10.0. The molecule has 3 aromatic rings. The van der Waals surface area contributed by atoms with E-state index in [1.165, 1.54) is 6.92 Å². The number of anilines is 3. The Morgan fingerprint density at radius 2 is 1.54 bits per heavy atom. The van der Waals surface area contributed by atoms with Crippen LogP contribution in [0, 0.1) is 0 Å². The van der Waals surface area contributed by atoms with Gasteiger partial charge in [0.05, 0.1) is 5.69 Å². The van der Waals surface area contributed by atoms with Crippen LogP contribution in [0.5, 0.6) is 11.5 Å². The molecule has 6 heteroatoms. The average molecular weight is 320 g/mol. The van der Waals surface area contributed by atoms with Gasteiger partial charge in [0, 0.05) is 6.92 Å². The van der Waals surface area contributed by atoms with Crippen LogP contribution in [-0.2, 0) is 4.79 Å². The van der Waals surface area contributed by atoms with Crippen molar-refractivity contribution in [1.29, 1.82) is 0 Å². The zero-order valence-electron chi connectivity index (χ0n) is 13.1. The molecular weight excluding hydrogens is 304 g/mol. The van der Waals surface area contributed by atoms with Crippen molar-refractivity contribution in [1.82, 2.24) is 10.2 Å². The van der Waals surface area contributed by atoms with Gasteiger partial charge in [-0.15, -0.1) is 10.2 Å². The van der Waals surface area contributed by atoms with Crippen molar-refractivity contribution in [3.8, 4) is 11.5 Å². The summed E-state index contributed by atoms with van der Waals surface area (Å²) in [6.07, 6.45) is 0. The molecule has 2 aromatic carbocycles. The molecular formula is C18H16N4O2. The summed E-state index contributed by atoms with van der Waals surface area (Å²) in [4.78, 5) is 11.0. The van der Waals surface area contributed by atoms with Gasteiger partial charge in [0.25, 0.3) is 0 Å². The first-order valence-corrected chi connectivity index (χ1v) is 7.41. The fraction of sp³-hybridized carbons (Fsp3) is 0.0556. The molecule has 0 saturated carbocycles. The number of benzene rings is 2. The number of rotatable bonds is 5. The number of carbonyl (C=O) groups is 1. The van der Waals surface area contributed by atoms with E-state index in [4.69, 9.17) is 4.74 Å². The third-order valence-electron chi connectivity index (χ3n) is 3.09. The molecule has 2 N–H and O–H groups in total. The topological polar surface area (TPSA) is 76.1 Å². The largest absolute Gasteiger partial charge is 0.455 e. The highest BCUT2D eigenvalue weighted by Gasteiger charge is 2.06. The molecule has 0 spiro atoms. The first-order chi connectivity index (χ1) is 11.7. The van der Waals surface area contributed by atoms with Gasteiger partial charge in [0.15, 0.2) is 17.4 Å². The van der Waals surface area contributed by atoms with Crippen molar-refractivity contribution in [3.63, 3.8) is 0 Å². The molecule has 120 valence electrons. The molecule has 1 heterocycles. The Bertz CT molecular complexity index is 820. The molecule has 3 rings (SSSR count). The van der Waals surface area contributed by atoms with Crippen LogP contribution < -0.4 is 15.4 Å². The molecule has 0 aliphatic rings. The van der Waals surface area contributed by atoms with Crippen molar-refractivity contribution < 1.29 is 9.53 Å². The van der Waals surface area contributed by atoms with Crippen molar-refractivity contribution in [2.75, 3.05) is 10.6 Å².